The van der Waals surface area contributed by atoms with Crippen molar-refractivity contribution in [3.63, 3.8) is 0 Å². The van der Waals surface area contributed by atoms with Crippen LogP contribution in [0.4, 0.5) is 17.8 Å². The molecule has 0 aromatic carbocycles. The molecule has 1 atom stereocenters. The maximum atomic E-state index is 4.52. The molecular weight excluding hydrogens is 248 g/mol. The molecule has 18 heavy (non-hydrogen) atoms. The molecular formula is C11H20N6S. The molecule has 1 unspecified atom stereocenters. The van der Waals surface area contributed by atoms with E-state index in [9.17, 15) is 0 Å². The fraction of sp³-hybridized carbons (Fsp3) is 0.727. The van der Waals surface area contributed by atoms with Crippen molar-refractivity contribution in [3.8, 4) is 0 Å². The summed E-state index contributed by atoms with van der Waals surface area (Å²) < 4.78 is 0. The first-order chi connectivity index (χ1) is 8.60. The Hall–Kier alpha value is -1.24. The van der Waals surface area contributed by atoms with Gasteiger partial charge >= 0.3 is 0 Å². The minimum atomic E-state index is 0.620. The molecule has 7 heteroatoms. The van der Waals surface area contributed by atoms with Crippen LogP contribution in [0.2, 0.25) is 0 Å². The second-order valence-electron chi connectivity index (χ2n) is 4.53. The van der Waals surface area contributed by atoms with Crippen LogP contribution < -0.4 is 15.1 Å². The van der Waals surface area contributed by atoms with Gasteiger partial charge < -0.3 is 15.1 Å². The number of thioether (sulfide) groups is 1. The van der Waals surface area contributed by atoms with Gasteiger partial charge in [-0.05, 0) is 0 Å². The summed E-state index contributed by atoms with van der Waals surface area (Å²) in [6.07, 6.45) is 0. The van der Waals surface area contributed by atoms with Crippen LogP contribution in [0.3, 0.4) is 0 Å². The molecule has 0 amide bonds. The van der Waals surface area contributed by atoms with Crippen LogP contribution >= 0.6 is 11.8 Å². The van der Waals surface area contributed by atoms with Crippen molar-refractivity contribution >= 4 is 29.6 Å². The lowest BCUT2D eigenvalue weighted by Crippen LogP contribution is -2.38. The highest BCUT2D eigenvalue weighted by atomic mass is 32.2. The molecule has 1 saturated heterocycles. The van der Waals surface area contributed by atoms with E-state index in [1.54, 1.807) is 0 Å². The SMILES string of the molecule is CNc1nc(N(C)C)nc(N2CCSC(C)C2)n1. The minimum Gasteiger partial charge on any atom is -0.357 e. The summed E-state index contributed by atoms with van der Waals surface area (Å²) in [5, 5.41) is 3.61. The predicted molar refractivity (Wildman–Crippen MR) is 77.8 cm³/mol. The largest absolute Gasteiger partial charge is 0.357 e. The normalized spacial score (nSPS) is 19.8. The molecule has 1 aliphatic rings. The van der Waals surface area contributed by atoms with Crippen molar-refractivity contribution in [1.82, 2.24) is 15.0 Å². The van der Waals surface area contributed by atoms with E-state index in [4.69, 9.17) is 0 Å². The summed E-state index contributed by atoms with van der Waals surface area (Å²) in [6.45, 7) is 4.23. The first-order valence-electron chi connectivity index (χ1n) is 6.08. The Morgan fingerprint density at radius 3 is 2.72 bits per heavy atom. The van der Waals surface area contributed by atoms with Gasteiger partial charge in [0.05, 0.1) is 0 Å². The van der Waals surface area contributed by atoms with Gasteiger partial charge in [-0.15, -0.1) is 0 Å². The van der Waals surface area contributed by atoms with E-state index in [1.165, 1.54) is 0 Å². The van der Waals surface area contributed by atoms with Crippen molar-refractivity contribution in [1.29, 1.82) is 0 Å². The molecule has 6 nitrogen and oxygen atoms in total. The van der Waals surface area contributed by atoms with Gasteiger partial charge in [-0.25, -0.2) is 0 Å². The zero-order valence-electron chi connectivity index (χ0n) is 11.3. The maximum absolute atomic E-state index is 4.52. The summed E-state index contributed by atoms with van der Waals surface area (Å²) in [7, 11) is 5.70. The number of anilines is 3. The van der Waals surface area contributed by atoms with Crippen molar-refractivity contribution in [2.45, 2.75) is 12.2 Å². The molecule has 0 aliphatic carbocycles. The highest BCUT2D eigenvalue weighted by Gasteiger charge is 2.20. The van der Waals surface area contributed by atoms with E-state index in [1.807, 2.05) is 37.8 Å². The number of rotatable bonds is 3. The Morgan fingerprint density at radius 2 is 2.11 bits per heavy atom. The van der Waals surface area contributed by atoms with Crippen molar-refractivity contribution < 1.29 is 0 Å². The Bertz CT molecular complexity index is 411. The first-order valence-corrected chi connectivity index (χ1v) is 7.12. The molecule has 0 saturated carbocycles. The predicted octanol–water partition coefficient (Wildman–Crippen LogP) is 0.921. The molecule has 2 heterocycles. The summed E-state index contributed by atoms with van der Waals surface area (Å²) in [5.74, 6) is 3.20. The summed E-state index contributed by atoms with van der Waals surface area (Å²) in [6, 6.07) is 0. The Kier molecular flexibility index (Phi) is 4.11. The van der Waals surface area contributed by atoms with Crippen molar-refractivity contribution in [2.24, 2.45) is 0 Å². The van der Waals surface area contributed by atoms with E-state index in [-0.39, 0.29) is 0 Å². The van der Waals surface area contributed by atoms with Gasteiger partial charge in [-0.2, -0.15) is 26.7 Å². The fourth-order valence-electron chi connectivity index (χ4n) is 1.81. The van der Waals surface area contributed by atoms with Gasteiger partial charge in [0.15, 0.2) is 0 Å². The number of hydrogen-bond donors (Lipinski definition) is 1. The number of nitrogens with zero attached hydrogens (tertiary/aromatic N) is 5. The first kappa shape index (κ1) is 13.2. The average Bonchev–Trinajstić information content (AvgIpc) is 2.38. The van der Waals surface area contributed by atoms with Crippen LogP contribution in [0.25, 0.3) is 0 Å². The highest BCUT2D eigenvalue weighted by Crippen LogP contribution is 2.22. The summed E-state index contributed by atoms with van der Waals surface area (Å²) >= 11 is 2.00. The standard InChI is InChI=1S/C11H20N6S/c1-8-7-17(5-6-18-8)11-14-9(12-2)13-10(15-11)16(3)4/h8H,5-7H2,1-4H3,(H,12,13,14,15). The average molecular weight is 268 g/mol. The molecule has 1 aromatic rings. The maximum Gasteiger partial charge on any atom is 0.232 e. The highest BCUT2D eigenvalue weighted by molar-refractivity contribution is 8.00. The third kappa shape index (κ3) is 2.95. The number of nitrogens with one attached hydrogen (secondary N) is 1. The molecule has 100 valence electrons. The van der Waals surface area contributed by atoms with E-state index in [0.717, 1.165) is 24.8 Å². The quantitative estimate of drug-likeness (QED) is 0.874. The smallest absolute Gasteiger partial charge is 0.232 e. The monoisotopic (exact) mass is 268 g/mol. The Morgan fingerprint density at radius 1 is 1.33 bits per heavy atom. The molecule has 2 rings (SSSR count). The minimum absolute atomic E-state index is 0.620. The van der Waals surface area contributed by atoms with Gasteiger partial charge in [-0.3, -0.25) is 0 Å². The number of aromatic nitrogens is 3. The second-order valence-corrected chi connectivity index (χ2v) is 6.08. The lowest BCUT2D eigenvalue weighted by molar-refractivity contribution is 0.748. The van der Waals surface area contributed by atoms with Gasteiger partial charge in [0, 0.05) is 45.2 Å². The van der Waals surface area contributed by atoms with Crippen LogP contribution in [0.15, 0.2) is 0 Å². The summed E-state index contributed by atoms with van der Waals surface area (Å²) in [5.41, 5.74) is 0. The lowest BCUT2D eigenvalue weighted by atomic mass is 10.4. The van der Waals surface area contributed by atoms with Crippen molar-refractivity contribution in [3.05, 3.63) is 0 Å². The number of hydrogen-bond acceptors (Lipinski definition) is 7. The van der Waals surface area contributed by atoms with E-state index < -0.39 is 0 Å². The van der Waals surface area contributed by atoms with Crippen LogP contribution in [-0.2, 0) is 0 Å². The lowest BCUT2D eigenvalue weighted by Gasteiger charge is -2.31. The zero-order valence-corrected chi connectivity index (χ0v) is 12.2. The van der Waals surface area contributed by atoms with Gasteiger partial charge in [0.2, 0.25) is 17.8 Å². The van der Waals surface area contributed by atoms with Crippen LogP contribution in [-0.4, -0.2) is 60.2 Å². The fourth-order valence-corrected chi connectivity index (χ4v) is 2.82. The molecule has 1 N–H and O–H groups in total. The molecule has 0 bridgehead atoms. The third-order valence-corrected chi connectivity index (χ3v) is 3.90. The van der Waals surface area contributed by atoms with E-state index in [0.29, 0.717) is 17.1 Å². The Balaban J connectivity index is 2.28. The van der Waals surface area contributed by atoms with Crippen molar-refractivity contribution in [2.75, 3.05) is 55.1 Å². The molecule has 1 aromatic heterocycles. The zero-order chi connectivity index (χ0) is 13.1. The Labute approximate surface area is 112 Å². The van der Waals surface area contributed by atoms with Crippen LogP contribution in [0.1, 0.15) is 6.92 Å². The van der Waals surface area contributed by atoms with Gasteiger partial charge in [0.1, 0.15) is 0 Å². The van der Waals surface area contributed by atoms with Gasteiger partial charge in [0.25, 0.3) is 0 Å². The molecule has 0 spiro atoms. The molecule has 1 aliphatic heterocycles. The summed E-state index contributed by atoms with van der Waals surface area (Å²) in [4.78, 5) is 17.4. The topological polar surface area (TPSA) is 57.2 Å². The van der Waals surface area contributed by atoms with E-state index in [2.05, 4.69) is 32.1 Å². The van der Waals surface area contributed by atoms with Crippen LogP contribution in [0.5, 0.6) is 0 Å². The molecule has 1 fully saturated rings. The third-order valence-electron chi connectivity index (χ3n) is 2.76. The van der Waals surface area contributed by atoms with Crippen LogP contribution in [0, 0.1) is 0 Å². The van der Waals surface area contributed by atoms with E-state index >= 15 is 0 Å². The molecule has 0 radical (unpaired) electrons. The second kappa shape index (κ2) is 5.60. The van der Waals surface area contributed by atoms with Gasteiger partial charge in [-0.1, -0.05) is 6.92 Å².